The van der Waals surface area contributed by atoms with E-state index < -0.39 is 12.4 Å². The largest absolute Gasteiger partial charge is 0.386 e. The van der Waals surface area contributed by atoms with E-state index in [2.05, 4.69) is 29.2 Å². The van der Waals surface area contributed by atoms with E-state index in [9.17, 15) is 10.2 Å². The number of hydrogen-bond donors (Lipinski definition) is 2. The third-order valence-corrected chi connectivity index (χ3v) is 4.56. The van der Waals surface area contributed by atoms with Gasteiger partial charge in [-0.2, -0.15) is 0 Å². The van der Waals surface area contributed by atoms with Gasteiger partial charge in [-0.05, 0) is 24.5 Å². The van der Waals surface area contributed by atoms with Crippen LogP contribution in [0.15, 0.2) is 60.7 Å². The number of benzene rings is 2. The van der Waals surface area contributed by atoms with Gasteiger partial charge in [0.25, 0.3) is 0 Å². The van der Waals surface area contributed by atoms with Crippen LogP contribution >= 0.6 is 0 Å². The van der Waals surface area contributed by atoms with Crippen LogP contribution in [-0.2, 0) is 17.8 Å². The molecule has 1 heterocycles. The molecule has 4 nitrogen and oxygen atoms in total. The Kier molecular flexibility index (Phi) is 5.63. The SMILES string of the molecule is CC1CC(N(Cc2ccccc2)Cc2ccccc2)C(O)[C@H](O)O1. The summed E-state index contributed by atoms with van der Waals surface area (Å²) in [4.78, 5) is 2.23. The first-order valence-electron chi connectivity index (χ1n) is 8.47. The predicted octanol–water partition coefficient (Wildman–Crippen LogP) is 2.55. The summed E-state index contributed by atoms with van der Waals surface area (Å²) in [5.74, 6) is 0. The molecular formula is C20H25NO3. The van der Waals surface area contributed by atoms with Gasteiger partial charge in [-0.25, -0.2) is 0 Å². The molecule has 2 aromatic rings. The molecule has 128 valence electrons. The zero-order valence-corrected chi connectivity index (χ0v) is 14.0. The highest BCUT2D eigenvalue weighted by Gasteiger charge is 2.38. The van der Waals surface area contributed by atoms with Gasteiger partial charge >= 0.3 is 0 Å². The number of nitrogens with zero attached hydrogens (tertiary/aromatic N) is 1. The maximum atomic E-state index is 10.5. The summed E-state index contributed by atoms with van der Waals surface area (Å²) in [5, 5.41) is 20.5. The molecule has 4 atom stereocenters. The first kappa shape index (κ1) is 17.1. The van der Waals surface area contributed by atoms with E-state index in [-0.39, 0.29) is 12.1 Å². The fraction of sp³-hybridized carbons (Fsp3) is 0.400. The molecule has 3 rings (SSSR count). The topological polar surface area (TPSA) is 52.9 Å². The van der Waals surface area contributed by atoms with Crippen molar-refractivity contribution in [3.63, 3.8) is 0 Å². The molecule has 0 aliphatic carbocycles. The van der Waals surface area contributed by atoms with Crippen LogP contribution in [0.1, 0.15) is 24.5 Å². The van der Waals surface area contributed by atoms with Crippen LogP contribution in [0.25, 0.3) is 0 Å². The lowest BCUT2D eigenvalue weighted by atomic mass is 9.97. The maximum absolute atomic E-state index is 10.5. The van der Waals surface area contributed by atoms with Gasteiger partial charge in [-0.3, -0.25) is 4.90 Å². The van der Waals surface area contributed by atoms with Crippen molar-refractivity contribution in [1.82, 2.24) is 4.90 Å². The van der Waals surface area contributed by atoms with E-state index in [0.717, 1.165) is 13.1 Å². The van der Waals surface area contributed by atoms with E-state index in [1.807, 2.05) is 43.3 Å². The van der Waals surface area contributed by atoms with E-state index in [1.54, 1.807) is 0 Å². The van der Waals surface area contributed by atoms with Gasteiger partial charge < -0.3 is 14.9 Å². The predicted molar refractivity (Wildman–Crippen MR) is 93.1 cm³/mol. The van der Waals surface area contributed by atoms with Crippen molar-refractivity contribution < 1.29 is 14.9 Å². The van der Waals surface area contributed by atoms with Crippen LogP contribution in [0.3, 0.4) is 0 Å². The Morgan fingerprint density at radius 3 is 1.92 bits per heavy atom. The highest BCUT2D eigenvalue weighted by atomic mass is 16.6. The van der Waals surface area contributed by atoms with E-state index in [4.69, 9.17) is 4.74 Å². The molecular weight excluding hydrogens is 302 g/mol. The van der Waals surface area contributed by atoms with Gasteiger partial charge in [-0.15, -0.1) is 0 Å². The Hall–Kier alpha value is -1.72. The van der Waals surface area contributed by atoms with Crippen molar-refractivity contribution in [3.8, 4) is 0 Å². The summed E-state index contributed by atoms with van der Waals surface area (Å²) in [6, 6.07) is 20.3. The molecule has 3 unspecified atom stereocenters. The van der Waals surface area contributed by atoms with Gasteiger partial charge in [0, 0.05) is 19.1 Å². The monoisotopic (exact) mass is 327 g/mol. The van der Waals surface area contributed by atoms with Crippen LogP contribution in [0.2, 0.25) is 0 Å². The van der Waals surface area contributed by atoms with E-state index in [0.29, 0.717) is 6.42 Å². The van der Waals surface area contributed by atoms with Crippen molar-refractivity contribution in [3.05, 3.63) is 71.8 Å². The summed E-state index contributed by atoms with van der Waals surface area (Å²) in [6.07, 6.45) is -1.43. The lowest BCUT2D eigenvalue weighted by Gasteiger charge is -2.42. The molecule has 1 aliphatic rings. The molecule has 1 fully saturated rings. The van der Waals surface area contributed by atoms with Crippen LogP contribution in [0.5, 0.6) is 0 Å². The van der Waals surface area contributed by atoms with Gasteiger partial charge in [-0.1, -0.05) is 60.7 Å². The quantitative estimate of drug-likeness (QED) is 0.886. The van der Waals surface area contributed by atoms with Crippen LogP contribution in [-0.4, -0.2) is 39.7 Å². The zero-order chi connectivity index (χ0) is 16.9. The number of hydrogen-bond acceptors (Lipinski definition) is 4. The molecule has 2 aromatic carbocycles. The summed E-state index contributed by atoms with van der Waals surface area (Å²) in [6.45, 7) is 3.37. The zero-order valence-electron chi connectivity index (χ0n) is 14.0. The highest BCUT2D eigenvalue weighted by Crippen LogP contribution is 2.26. The van der Waals surface area contributed by atoms with Crippen molar-refractivity contribution in [2.24, 2.45) is 0 Å². The van der Waals surface area contributed by atoms with E-state index in [1.165, 1.54) is 11.1 Å². The van der Waals surface area contributed by atoms with Crippen LogP contribution in [0.4, 0.5) is 0 Å². The fourth-order valence-electron chi connectivity index (χ4n) is 3.33. The third-order valence-electron chi connectivity index (χ3n) is 4.56. The Bertz CT molecular complexity index is 578. The summed E-state index contributed by atoms with van der Waals surface area (Å²) >= 11 is 0. The smallest absolute Gasteiger partial charge is 0.182 e. The van der Waals surface area contributed by atoms with Gasteiger partial charge in [0.2, 0.25) is 0 Å². The molecule has 0 spiro atoms. The van der Waals surface area contributed by atoms with Crippen LogP contribution in [0, 0.1) is 0 Å². The second kappa shape index (κ2) is 7.90. The number of aliphatic hydroxyl groups excluding tert-OH is 2. The van der Waals surface area contributed by atoms with Gasteiger partial charge in [0.1, 0.15) is 6.10 Å². The third kappa shape index (κ3) is 4.22. The standard InChI is InChI=1S/C20H25NO3/c1-15-12-18(19(22)20(23)24-15)21(13-16-8-4-2-5-9-16)14-17-10-6-3-7-11-17/h2-11,15,18-20,22-23H,12-14H2,1H3/t15?,18?,19?,20-/m1/s1. The van der Waals surface area contributed by atoms with Crippen LogP contribution < -0.4 is 0 Å². The minimum Gasteiger partial charge on any atom is -0.386 e. The Morgan fingerprint density at radius 2 is 1.42 bits per heavy atom. The van der Waals surface area contributed by atoms with Crippen molar-refractivity contribution in [2.75, 3.05) is 0 Å². The molecule has 2 N–H and O–H groups in total. The molecule has 0 radical (unpaired) electrons. The van der Waals surface area contributed by atoms with E-state index >= 15 is 0 Å². The molecule has 4 heteroatoms. The Morgan fingerprint density at radius 1 is 0.917 bits per heavy atom. The number of ether oxygens (including phenoxy) is 1. The normalized spacial score (nSPS) is 27.3. The highest BCUT2D eigenvalue weighted by molar-refractivity contribution is 5.17. The molecule has 0 saturated carbocycles. The molecule has 0 bridgehead atoms. The maximum Gasteiger partial charge on any atom is 0.182 e. The lowest BCUT2D eigenvalue weighted by Crippen LogP contribution is -2.54. The molecule has 1 aliphatic heterocycles. The van der Waals surface area contributed by atoms with Gasteiger partial charge in [0.15, 0.2) is 6.29 Å². The fourth-order valence-corrected chi connectivity index (χ4v) is 3.33. The average Bonchev–Trinajstić information content (AvgIpc) is 2.59. The minimum atomic E-state index is -1.13. The number of aliphatic hydroxyl groups is 2. The van der Waals surface area contributed by atoms with Crippen molar-refractivity contribution in [2.45, 2.75) is 51.0 Å². The summed E-state index contributed by atoms with van der Waals surface area (Å²) < 4.78 is 5.36. The first-order valence-corrected chi connectivity index (χ1v) is 8.47. The second-order valence-electron chi connectivity index (χ2n) is 6.51. The number of rotatable bonds is 5. The van der Waals surface area contributed by atoms with Crippen molar-refractivity contribution >= 4 is 0 Å². The molecule has 1 saturated heterocycles. The Balaban J connectivity index is 1.83. The Labute approximate surface area is 143 Å². The van der Waals surface area contributed by atoms with Crippen molar-refractivity contribution in [1.29, 1.82) is 0 Å². The lowest BCUT2D eigenvalue weighted by molar-refractivity contribution is -0.234. The molecule has 0 aromatic heterocycles. The van der Waals surface area contributed by atoms with Gasteiger partial charge in [0.05, 0.1) is 6.10 Å². The minimum absolute atomic E-state index is 0.0811. The average molecular weight is 327 g/mol. The summed E-state index contributed by atoms with van der Waals surface area (Å²) in [7, 11) is 0. The molecule has 24 heavy (non-hydrogen) atoms. The molecule has 0 amide bonds. The second-order valence-corrected chi connectivity index (χ2v) is 6.51. The summed E-state index contributed by atoms with van der Waals surface area (Å²) in [5.41, 5.74) is 2.38. The first-order chi connectivity index (χ1) is 11.6.